The van der Waals surface area contributed by atoms with Crippen molar-refractivity contribution in [1.82, 2.24) is 19.1 Å². The van der Waals surface area contributed by atoms with Gasteiger partial charge in [-0.1, -0.05) is 48.5 Å². The number of imidazole rings is 1. The molecule has 0 atom stereocenters. The Hall–Kier alpha value is -3.41. The van der Waals surface area contributed by atoms with Crippen LogP contribution in [0, 0.1) is 0 Å². The topological polar surface area (TPSA) is 61.9 Å². The van der Waals surface area contributed by atoms with Crippen molar-refractivity contribution >= 4 is 11.2 Å². The van der Waals surface area contributed by atoms with Crippen molar-refractivity contribution in [3.05, 3.63) is 83.0 Å². The molecule has 0 aliphatic carbocycles. The van der Waals surface area contributed by atoms with Gasteiger partial charge in [0.05, 0.1) is 6.54 Å². The molecule has 4 rings (SSSR count). The van der Waals surface area contributed by atoms with E-state index < -0.39 is 0 Å². The highest BCUT2D eigenvalue weighted by atomic mass is 16.5. The summed E-state index contributed by atoms with van der Waals surface area (Å²) in [5.41, 5.74) is 2.09. The summed E-state index contributed by atoms with van der Waals surface area (Å²) in [7, 11) is 0. The third-order valence-corrected chi connectivity index (χ3v) is 4.21. The molecule has 6 heteroatoms. The Bertz CT molecular complexity index is 1090. The summed E-state index contributed by atoms with van der Waals surface area (Å²) in [4.78, 5) is 21.5. The molecule has 2 aromatic heterocycles. The fourth-order valence-electron chi connectivity index (χ4n) is 2.99. The van der Waals surface area contributed by atoms with Crippen LogP contribution >= 0.6 is 0 Å². The first-order valence-corrected chi connectivity index (χ1v) is 8.48. The molecular weight excluding hydrogens is 328 g/mol. The third-order valence-electron chi connectivity index (χ3n) is 4.21. The Balaban J connectivity index is 1.89. The van der Waals surface area contributed by atoms with Crippen molar-refractivity contribution in [3.8, 4) is 11.6 Å². The van der Waals surface area contributed by atoms with Crippen molar-refractivity contribution in [2.24, 2.45) is 0 Å². The Kier molecular flexibility index (Phi) is 4.23. The maximum absolute atomic E-state index is 12.9. The van der Waals surface area contributed by atoms with E-state index in [1.807, 2.05) is 67.6 Å². The normalized spacial score (nSPS) is 11.0. The Morgan fingerprint density at radius 3 is 2.31 bits per heavy atom. The monoisotopic (exact) mass is 346 g/mol. The van der Waals surface area contributed by atoms with E-state index in [0.29, 0.717) is 35.9 Å². The lowest BCUT2D eigenvalue weighted by Crippen LogP contribution is -2.24. The van der Waals surface area contributed by atoms with Crippen LogP contribution in [0.25, 0.3) is 11.2 Å². The molecule has 0 saturated carbocycles. The van der Waals surface area contributed by atoms with Crippen LogP contribution in [0.5, 0.6) is 11.6 Å². The van der Waals surface area contributed by atoms with Gasteiger partial charge in [0, 0.05) is 6.54 Å². The number of aromatic nitrogens is 4. The Morgan fingerprint density at radius 1 is 0.923 bits per heavy atom. The Morgan fingerprint density at radius 2 is 1.62 bits per heavy atom. The highest BCUT2D eigenvalue weighted by Gasteiger charge is 2.19. The molecular formula is C20H18N4O2. The van der Waals surface area contributed by atoms with E-state index >= 15 is 0 Å². The van der Waals surface area contributed by atoms with Gasteiger partial charge in [-0.15, -0.1) is 0 Å². The number of para-hydroxylation sites is 1. The number of ether oxygens (including phenoxy) is 1. The second-order valence-electron chi connectivity index (χ2n) is 5.86. The molecule has 0 radical (unpaired) electrons. The van der Waals surface area contributed by atoms with Gasteiger partial charge in [0.1, 0.15) is 12.1 Å². The minimum atomic E-state index is -0.121. The fraction of sp³-hybridized carbons (Fsp3) is 0.150. The number of aryl methyl sites for hydroxylation is 1. The van der Waals surface area contributed by atoms with E-state index in [1.54, 1.807) is 9.13 Å². The first-order valence-electron chi connectivity index (χ1n) is 8.48. The zero-order valence-electron chi connectivity index (χ0n) is 14.4. The molecule has 6 nitrogen and oxygen atoms in total. The molecule has 0 aliphatic rings. The average molecular weight is 346 g/mol. The van der Waals surface area contributed by atoms with Gasteiger partial charge in [-0.25, -0.2) is 9.78 Å². The minimum absolute atomic E-state index is 0.121. The predicted octanol–water partition coefficient (Wildman–Crippen LogP) is 3.45. The molecule has 0 bridgehead atoms. The lowest BCUT2D eigenvalue weighted by molar-refractivity contribution is 0.464. The van der Waals surface area contributed by atoms with Gasteiger partial charge in [0.25, 0.3) is 0 Å². The van der Waals surface area contributed by atoms with Crippen LogP contribution in [-0.4, -0.2) is 19.1 Å². The van der Waals surface area contributed by atoms with Crippen LogP contribution in [0.3, 0.4) is 0 Å². The van der Waals surface area contributed by atoms with Gasteiger partial charge < -0.3 is 4.74 Å². The number of hydrogen-bond donors (Lipinski definition) is 0. The zero-order chi connectivity index (χ0) is 17.9. The maximum atomic E-state index is 12.9. The summed E-state index contributed by atoms with van der Waals surface area (Å²) in [5, 5.41) is 0. The summed E-state index contributed by atoms with van der Waals surface area (Å²) in [6, 6.07) is 19.2. The summed E-state index contributed by atoms with van der Waals surface area (Å²) in [6.45, 7) is 2.88. The highest BCUT2D eigenvalue weighted by molar-refractivity contribution is 5.77. The summed E-state index contributed by atoms with van der Waals surface area (Å²) < 4.78 is 9.27. The van der Waals surface area contributed by atoms with E-state index in [-0.39, 0.29) is 5.69 Å². The number of rotatable bonds is 5. The van der Waals surface area contributed by atoms with Gasteiger partial charge in [-0.2, -0.15) is 4.98 Å². The molecule has 26 heavy (non-hydrogen) atoms. The molecule has 0 saturated heterocycles. The van der Waals surface area contributed by atoms with E-state index in [2.05, 4.69) is 9.97 Å². The Labute approximate surface area is 150 Å². The molecule has 2 aromatic carbocycles. The van der Waals surface area contributed by atoms with Crippen molar-refractivity contribution in [2.45, 2.75) is 20.0 Å². The van der Waals surface area contributed by atoms with E-state index in [0.717, 1.165) is 5.56 Å². The van der Waals surface area contributed by atoms with Gasteiger partial charge in [0.2, 0.25) is 5.88 Å². The van der Waals surface area contributed by atoms with Crippen LogP contribution < -0.4 is 10.4 Å². The lowest BCUT2D eigenvalue weighted by Gasteiger charge is -2.08. The smallest absolute Gasteiger partial charge is 0.330 e. The summed E-state index contributed by atoms with van der Waals surface area (Å²) in [6.07, 6.45) is 1.43. The van der Waals surface area contributed by atoms with Gasteiger partial charge >= 0.3 is 5.69 Å². The highest BCUT2D eigenvalue weighted by Crippen LogP contribution is 2.26. The number of hydrogen-bond acceptors (Lipinski definition) is 4. The van der Waals surface area contributed by atoms with Crippen LogP contribution in [0.2, 0.25) is 0 Å². The molecule has 4 aromatic rings. The van der Waals surface area contributed by atoms with E-state index in [9.17, 15) is 4.79 Å². The molecule has 130 valence electrons. The van der Waals surface area contributed by atoms with Crippen LogP contribution in [0.1, 0.15) is 12.5 Å². The lowest BCUT2D eigenvalue weighted by atomic mass is 10.2. The SMILES string of the molecule is CCn1c(=O)n(Cc2ccccc2)c2c(Oc3ccccc3)ncnc21. The van der Waals surface area contributed by atoms with Crippen molar-refractivity contribution in [3.63, 3.8) is 0 Å². The molecule has 0 amide bonds. The summed E-state index contributed by atoms with van der Waals surface area (Å²) >= 11 is 0. The molecule has 0 N–H and O–H groups in total. The maximum Gasteiger partial charge on any atom is 0.330 e. The standard InChI is InChI=1S/C20H18N4O2/c1-2-23-18-17(24(20(23)25)13-15-9-5-3-6-10-15)19(22-14-21-18)26-16-11-7-4-8-12-16/h3-12,14H,2,13H2,1H3. The van der Waals surface area contributed by atoms with Crippen LogP contribution in [-0.2, 0) is 13.1 Å². The largest absolute Gasteiger partial charge is 0.437 e. The average Bonchev–Trinajstić information content (AvgIpc) is 2.95. The number of fused-ring (bicyclic) bond motifs is 1. The first kappa shape index (κ1) is 16.1. The van der Waals surface area contributed by atoms with Crippen molar-refractivity contribution in [2.75, 3.05) is 0 Å². The van der Waals surface area contributed by atoms with Crippen molar-refractivity contribution in [1.29, 1.82) is 0 Å². The third kappa shape index (κ3) is 2.86. The summed E-state index contributed by atoms with van der Waals surface area (Å²) in [5.74, 6) is 1.04. The minimum Gasteiger partial charge on any atom is -0.437 e. The molecule has 2 heterocycles. The van der Waals surface area contributed by atoms with E-state index in [1.165, 1.54) is 6.33 Å². The molecule has 0 aliphatic heterocycles. The van der Waals surface area contributed by atoms with Gasteiger partial charge in [-0.3, -0.25) is 9.13 Å². The predicted molar refractivity (Wildman–Crippen MR) is 99.5 cm³/mol. The molecule has 0 fully saturated rings. The van der Waals surface area contributed by atoms with Crippen LogP contribution in [0.4, 0.5) is 0 Å². The molecule has 0 spiro atoms. The quantitative estimate of drug-likeness (QED) is 0.555. The van der Waals surface area contributed by atoms with E-state index in [4.69, 9.17) is 4.74 Å². The second-order valence-corrected chi connectivity index (χ2v) is 5.86. The number of nitrogens with zero attached hydrogens (tertiary/aromatic N) is 4. The van der Waals surface area contributed by atoms with Crippen molar-refractivity contribution < 1.29 is 4.74 Å². The fourth-order valence-corrected chi connectivity index (χ4v) is 2.99. The van der Waals surface area contributed by atoms with Crippen LogP contribution in [0.15, 0.2) is 71.8 Å². The first-order chi connectivity index (χ1) is 12.8. The zero-order valence-corrected chi connectivity index (χ0v) is 14.4. The second kappa shape index (κ2) is 6.84. The van der Waals surface area contributed by atoms with Gasteiger partial charge in [-0.05, 0) is 24.6 Å². The molecule has 0 unspecified atom stereocenters. The number of benzene rings is 2. The van der Waals surface area contributed by atoms with Gasteiger partial charge in [0.15, 0.2) is 11.2 Å².